The lowest BCUT2D eigenvalue weighted by Gasteiger charge is -2.59. The van der Waals surface area contributed by atoms with Gasteiger partial charge in [0, 0.05) is 29.6 Å². The molecule has 0 amide bonds. The van der Waals surface area contributed by atoms with Crippen LogP contribution in [-0.4, -0.2) is 39.6 Å². The summed E-state index contributed by atoms with van der Waals surface area (Å²) >= 11 is 0. The minimum Gasteiger partial charge on any atom is -0.478 e. The van der Waals surface area contributed by atoms with Crippen molar-refractivity contribution in [1.29, 1.82) is 0 Å². The van der Waals surface area contributed by atoms with Crippen molar-refractivity contribution in [2.24, 2.45) is 34.5 Å². The smallest absolute Gasteiger partial charge is 0.349 e. The van der Waals surface area contributed by atoms with Gasteiger partial charge in [-0.25, -0.2) is 4.79 Å². The molecule has 3 saturated carbocycles. The summed E-state index contributed by atoms with van der Waals surface area (Å²) in [4.78, 5) is 36.3. The van der Waals surface area contributed by atoms with E-state index in [1.54, 1.807) is 12.2 Å². The molecule has 0 aliphatic heterocycles. The van der Waals surface area contributed by atoms with E-state index in [1.807, 2.05) is 19.9 Å². The van der Waals surface area contributed by atoms with Gasteiger partial charge in [0.1, 0.15) is 0 Å². The van der Waals surface area contributed by atoms with Crippen molar-refractivity contribution in [1.82, 2.24) is 0 Å². The van der Waals surface area contributed by atoms with Crippen LogP contribution >= 0.6 is 0 Å². The van der Waals surface area contributed by atoms with Gasteiger partial charge in [-0.2, -0.15) is 0 Å². The van der Waals surface area contributed by atoms with Crippen LogP contribution in [0.3, 0.4) is 0 Å². The number of hydrogen-bond acceptors (Lipinski definition) is 5. The van der Waals surface area contributed by atoms with E-state index in [0.717, 1.165) is 18.4 Å². The standard InChI is InChI=1S/C23H30O6/c1-12-9-17-16-6-5-14-10-15(25)7-8-21(14,3)19(16)18(26)11-22(17,4)23(12,20(27)28)29-13(2)24/h7-8,10,12,16-19,26H,5-6,9,11H2,1-4H3,(H,27,28)/t12-,16-,17-,18-,19+,21-,22-,23-/m0/s1. The third-order valence-corrected chi connectivity index (χ3v) is 8.66. The Balaban J connectivity index is 1.80. The number of carboxylic acid groups (broad SMARTS) is 1. The summed E-state index contributed by atoms with van der Waals surface area (Å²) in [5.41, 5.74) is -1.83. The molecule has 0 spiro atoms. The fraction of sp³-hybridized carbons (Fsp3) is 0.696. The summed E-state index contributed by atoms with van der Waals surface area (Å²) in [6.07, 6.45) is 6.94. The summed E-state index contributed by atoms with van der Waals surface area (Å²) in [5, 5.41) is 21.6. The molecule has 0 unspecified atom stereocenters. The monoisotopic (exact) mass is 402 g/mol. The quantitative estimate of drug-likeness (QED) is 0.689. The van der Waals surface area contributed by atoms with Gasteiger partial charge in [0.2, 0.25) is 5.60 Å². The van der Waals surface area contributed by atoms with Gasteiger partial charge in [-0.1, -0.05) is 32.4 Å². The number of allylic oxidation sites excluding steroid dienone is 4. The van der Waals surface area contributed by atoms with Gasteiger partial charge in [0.05, 0.1) is 6.10 Å². The van der Waals surface area contributed by atoms with Crippen LogP contribution in [-0.2, 0) is 19.1 Å². The van der Waals surface area contributed by atoms with E-state index in [9.17, 15) is 24.6 Å². The van der Waals surface area contributed by atoms with Gasteiger partial charge in [-0.05, 0) is 49.7 Å². The van der Waals surface area contributed by atoms with E-state index in [4.69, 9.17) is 4.74 Å². The molecule has 4 aliphatic rings. The second-order valence-electron chi connectivity index (χ2n) is 9.98. The predicted molar refractivity (Wildman–Crippen MR) is 105 cm³/mol. The van der Waals surface area contributed by atoms with Crippen LogP contribution in [0.4, 0.5) is 0 Å². The van der Waals surface area contributed by atoms with Crippen molar-refractivity contribution in [3.05, 3.63) is 23.8 Å². The molecule has 8 atom stereocenters. The van der Waals surface area contributed by atoms with E-state index < -0.39 is 34.5 Å². The Kier molecular flexibility index (Phi) is 4.40. The maximum atomic E-state index is 12.5. The van der Waals surface area contributed by atoms with E-state index in [0.29, 0.717) is 6.42 Å². The third kappa shape index (κ3) is 2.47. The topological polar surface area (TPSA) is 101 Å². The number of carboxylic acids is 1. The SMILES string of the molecule is CC(=O)O[C@]1(C(=O)O)[C@@H](C)C[C@H]2[C@@H]3CCC4=CC(=O)C=C[C@]4(C)[C@H]3[C@@H](O)C[C@@]21C. The highest BCUT2D eigenvalue weighted by atomic mass is 16.6. The minimum absolute atomic E-state index is 0.0136. The highest BCUT2D eigenvalue weighted by Gasteiger charge is 2.73. The molecule has 2 N–H and O–H groups in total. The number of hydrogen-bond donors (Lipinski definition) is 2. The van der Waals surface area contributed by atoms with Crippen molar-refractivity contribution in [3.63, 3.8) is 0 Å². The van der Waals surface area contributed by atoms with Gasteiger partial charge >= 0.3 is 11.9 Å². The molecule has 6 nitrogen and oxygen atoms in total. The molecular weight excluding hydrogens is 372 g/mol. The summed E-state index contributed by atoms with van der Waals surface area (Å²) < 4.78 is 5.60. The maximum absolute atomic E-state index is 12.5. The summed E-state index contributed by atoms with van der Waals surface area (Å²) in [6.45, 7) is 7.06. The van der Waals surface area contributed by atoms with Crippen molar-refractivity contribution >= 4 is 17.7 Å². The van der Waals surface area contributed by atoms with Crippen molar-refractivity contribution < 1.29 is 29.3 Å². The highest BCUT2D eigenvalue weighted by Crippen LogP contribution is 2.69. The fourth-order valence-corrected chi connectivity index (χ4v) is 7.59. The van der Waals surface area contributed by atoms with Gasteiger partial charge in [0.15, 0.2) is 5.78 Å². The average molecular weight is 402 g/mol. The molecule has 0 radical (unpaired) electrons. The van der Waals surface area contributed by atoms with Crippen LogP contribution in [0.1, 0.15) is 53.4 Å². The molecule has 158 valence electrons. The van der Waals surface area contributed by atoms with Gasteiger partial charge in [0.25, 0.3) is 0 Å². The lowest BCUT2D eigenvalue weighted by molar-refractivity contribution is -0.213. The van der Waals surface area contributed by atoms with E-state index in [-0.39, 0.29) is 35.9 Å². The molecular formula is C23H30O6. The molecule has 0 aromatic heterocycles. The molecule has 4 rings (SSSR count). The van der Waals surface area contributed by atoms with Crippen LogP contribution in [0.5, 0.6) is 0 Å². The predicted octanol–water partition coefficient (Wildman–Crippen LogP) is 2.90. The molecule has 0 bridgehead atoms. The maximum Gasteiger partial charge on any atom is 0.349 e. The molecule has 4 aliphatic carbocycles. The first-order chi connectivity index (χ1) is 13.5. The fourth-order valence-electron chi connectivity index (χ4n) is 7.59. The average Bonchev–Trinajstić information content (AvgIpc) is 2.83. The largest absolute Gasteiger partial charge is 0.478 e. The molecule has 29 heavy (non-hydrogen) atoms. The molecule has 0 saturated heterocycles. The molecule has 0 heterocycles. The zero-order chi connectivity index (χ0) is 21.4. The van der Waals surface area contributed by atoms with E-state index >= 15 is 0 Å². The molecule has 3 fully saturated rings. The van der Waals surface area contributed by atoms with Gasteiger partial charge < -0.3 is 14.9 Å². The Bertz CT molecular complexity index is 842. The number of ether oxygens (including phenoxy) is 1. The lowest BCUT2D eigenvalue weighted by Crippen LogP contribution is -2.63. The summed E-state index contributed by atoms with van der Waals surface area (Å²) in [5.74, 6) is -2.06. The lowest BCUT2D eigenvalue weighted by atomic mass is 9.46. The first-order valence-corrected chi connectivity index (χ1v) is 10.5. The van der Waals surface area contributed by atoms with Gasteiger partial charge in [-0.3, -0.25) is 9.59 Å². The van der Waals surface area contributed by atoms with Crippen molar-refractivity contribution in [3.8, 4) is 0 Å². The van der Waals surface area contributed by atoms with Crippen LogP contribution in [0.25, 0.3) is 0 Å². The van der Waals surface area contributed by atoms with Crippen molar-refractivity contribution in [2.75, 3.05) is 0 Å². The molecule has 0 aromatic carbocycles. The zero-order valence-corrected chi connectivity index (χ0v) is 17.5. The van der Waals surface area contributed by atoms with Crippen LogP contribution < -0.4 is 0 Å². The second-order valence-corrected chi connectivity index (χ2v) is 9.98. The zero-order valence-electron chi connectivity index (χ0n) is 17.5. The number of fused-ring (bicyclic) bond motifs is 5. The first-order valence-electron chi connectivity index (χ1n) is 10.5. The Morgan fingerprint density at radius 3 is 2.59 bits per heavy atom. The van der Waals surface area contributed by atoms with E-state index in [1.165, 1.54) is 6.92 Å². The summed E-state index contributed by atoms with van der Waals surface area (Å²) in [6, 6.07) is 0. The summed E-state index contributed by atoms with van der Waals surface area (Å²) in [7, 11) is 0. The number of carbonyl (C=O) groups is 3. The number of aliphatic hydroxyl groups is 1. The first kappa shape index (κ1) is 20.3. The number of ketones is 1. The van der Waals surface area contributed by atoms with Crippen LogP contribution in [0, 0.1) is 34.5 Å². The van der Waals surface area contributed by atoms with E-state index in [2.05, 4.69) is 6.92 Å². The highest BCUT2D eigenvalue weighted by molar-refractivity contribution is 6.01. The number of carbonyl (C=O) groups excluding carboxylic acids is 2. The molecule has 0 aromatic rings. The van der Waals surface area contributed by atoms with Crippen LogP contribution in [0.2, 0.25) is 0 Å². The Morgan fingerprint density at radius 1 is 1.28 bits per heavy atom. The Hall–Kier alpha value is -1.95. The Morgan fingerprint density at radius 2 is 1.97 bits per heavy atom. The number of rotatable bonds is 2. The van der Waals surface area contributed by atoms with Gasteiger partial charge in [-0.15, -0.1) is 0 Å². The number of aliphatic hydroxyl groups excluding tert-OH is 1. The minimum atomic E-state index is -1.63. The third-order valence-electron chi connectivity index (χ3n) is 8.66. The Labute approximate surface area is 171 Å². The second kappa shape index (κ2) is 6.27. The molecule has 6 heteroatoms. The van der Waals surface area contributed by atoms with Crippen molar-refractivity contribution in [2.45, 2.75) is 65.1 Å². The van der Waals surface area contributed by atoms with Crippen LogP contribution in [0.15, 0.2) is 23.8 Å². The number of esters is 1. The normalized spacial score (nSPS) is 48.2. The number of aliphatic carboxylic acids is 1.